The molecule has 1 aromatic heterocycles. The number of anilines is 1. The van der Waals surface area contributed by atoms with Crippen molar-refractivity contribution in [2.45, 2.75) is 12.1 Å². The van der Waals surface area contributed by atoms with E-state index in [1.165, 1.54) is 24.3 Å². The summed E-state index contributed by atoms with van der Waals surface area (Å²) in [5, 5.41) is 14.3. The first kappa shape index (κ1) is 20.3. The smallest absolute Gasteiger partial charge is 0.296 e. The van der Waals surface area contributed by atoms with Gasteiger partial charge in [0.15, 0.2) is 5.16 Å². The van der Waals surface area contributed by atoms with E-state index in [1.54, 1.807) is 42.1 Å². The van der Waals surface area contributed by atoms with Crippen LogP contribution in [0.15, 0.2) is 60.0 Å². The highest BCUT2D eigenvalue weighted by Crippen LogP contribution is 2.29. The maximum absolute atomic E-state index is 13.5. The van der Waals surface area contributed by atoms with Gasteiger partial charge in [0, 0.05) is 12.4 Å². The molecule has 0 fully saturated rings. The maximum Gasteiger partial charge on any atom is 0.296 e. The van der Waals surface area contributed by atoms with Crippen molar-refractivity contribution in [3.05, 3.63) is 70.8 Å². The van der Waals surface area contributed by atoms with Crippen LogP contribution in [0.4, 0.5) is 15.8 Å². The highest BCUT2D eigenvalue weighted by Gasteiger charge is 2.18. The van der Waals surface area contributed by atoms with Crippen molar-refractivity contribution in [2.75, 3.05) is 17.7 Å². The lowest BCUT2D eigenvalue weighted by atomic mass is 10.2. The number of nitrogens with one attached hydrogen (secondary N) is 1. The third kappa shape index (κ3) is 5.11. The van der Waals surface area contributed by atoms with E-state index in [-0.39, 0.29) is 22.9 Å². The topological polar surface area (TPSA) is 99.3 Å². The summed E-state index contributed by atoms with van der Waals surface area (Å²) >= 11 is 1.13. The average Bonchev–Trinajstić information content (AvgIpc) is 3.16. The highest BCUT2D eigenvalue weighted by atomic mass is 32.2. The van der Waals surface area contributed by atoms with Gasteiger partial charge in [-0.15, -0.1) is 0 Å². The van der Waals surface area contributed by atoms with Gasteiger partial charge in [-0.1, -0.05) is 17.8 Å². The number of thioether (sulfide) groups is 1. The lowest BCUT2D eigenvalue weighted by Gasteiger charge is -2.09. The summed E-state index contributed by atoms with van der Waals surface area (Å²) in [7, 11) is 0. The summed E-state index contributed by atoms with van der Waals surface area (Å²) in [6, 6.07) is 10.2. The van der Waals surface area contributed by atoms with Crippen molar-refractivity contribution in [1.29, 1.82) is 0 Å². The number of benzene rings is 2. The summed E-state index contributed by atoms with van der Waals surface area (Å²) in [6.07, 6.45) is 3.20. The molecule has 2 aromatic carbocycles. The molecule has 1 heterocycles. The Bertz CT molecular complexity index is 1040. The number of imidazole rings is 1. The summed E-state index contributed by atoms with van der Waals surface area (Å²) in [4.78, 5) is 27.2. The Labute approximate surface area is 169 Å². The molecule has 0 spiro atoms. The van der Waals surface area contributed by atoms with E-state index in [1.807, 2.05) is 0 Å². The summed E-state index contributed by atoms with van der Waals surface area (Å²) in [6.45, 7) is 2.14. The third-order valence-electron chi connectivity index (χ3n) is 3.78. The van der Waals surface area contributed by atoms with Gasteiger partial charge in [0.1, 0.15) is 17.3 Å². The molecule has 0 atom stereocenters. The number of hydrogen-bond donors (Lipinski definition) is 1. The lowest BCUT2D eigenvalue weighted by Crippen LogP contribution is -2.15. The second kappa shape index (κ2) is 9.20. The molecule has 0 saturated heterocycles. The molecule has 1 amide bonds. The first-order valence-corrected chi connectivity index (χ1v) is 9.59. The fourth-order valence-corrected chi connectivity index (χ4v) is 3.33. The molecule has 3 aromatic rings. The Morgan fingerprint density at radius 3 is 2.90 bits per heavy atom. The second-order valence-corrected chi connectivity index (χ2v) is 6.71. The van der Waals surface area contributed by atoms with Crippen molar-refractivity contribution >= 4 is 29.0 Å². The van der Waals surface area contributed by atoms with Crippen molar-refractivity contribution in [3.8, 4) is 11.4 Å². The normalized spacial score (nSPS) is 10.6. The van der Waals surface area contributed by atoms with Crippen molar-refractivity contribution in [1.82, 2.24) is 9.55 Å². The first-order valence-electron chi connectivity index (χ1n) is 8.61. The minimum Gasteiger partial charge on any atom is -0.494 e. The number of amides is 1. The van der Waals surface area contributed by atoms with Crippen molar-refractivity contribution in [3.63, 3.8) is 0 Å². The second-order valence-electron chi connectivity index (χ2n) is 5.77. The maximum atomic E-state index is 13.5. The predicted molar refractivity (Wildman–Crippen MR) is 107 cm³/mol. The number of ether oxygens (including phenoxy) is 1. The van der Waals surface area contributed by atoms with Crippen LogP contribution in [-0.2, 0) is 4.79 Å². The predicted octanol–water partition coefficient (Wildman–Crippen LogP) is 4.05. The molecule has 29 heavy (non-hydrogen) atoms. The molecule has 0 aliphatic carbocycles. The zero-order chi connectivity index (χ0) is 20.8. The van der Waals surface area contributed by atoms with Crippen LogP contribution in [0.2, 0.25) is 0 Å². The van der Waals surface area contributed by atoms with Gasteiger partial charge in [-0.25, -0.2) is 9.37 Å². The molecular formula is C19H17FN4O4S. The number of hydrogen-bond acceptors (Lipinski definition) is 6. The van der Waals surface area contributed by atoms with Crippen LogP contribution in [-0.4, -0.2) is 32.7 Å². The number of carbonyl (C=O) groups is 1. The zero-order valence-electron chi connectivity index (χ0n) is 15.4. The van der Waals surface area contributed by atoms with Crippen LogP contribution in [0.25, 0.3) is 5.69 Å². The number of nitro groups is 1. The fraction of sp³-hybridized carbons (Fsp3) is 0.158. The Kier molecular flexibility index (Phi) is 6.45. The standard InChI is InChI=1S/C19H17FN4O4S/c1-2-28-15-6-7-16(17(11-15)24(26)27)22-18(25)12-29-19-21-8-9-23(19)14-5-3-4-13(20)10-14/h3-11H,2,12H2,1H3,(H,22,25). The van der Waals surface area contributed by atoms with E-state index >= 15 is 0 Å². The zero-order valence-corrected chi connectivity index (χ0v) is 16.2. The largest absolute Gasteiger partial charge is 0.494 e. The van der Waals surface area contributed by atoms with E-state index in [4.69, 9.17) is 4.74 Å². The molecule has 0 radical (unpaired) electrons. The molecule has 0 unspecified atom stereocenters. The first-order chi connectivity index (χ1) is 14.0. The quantitative estimate of drug-likeness (QED) is 0.338. The highest BCUT2D eigenvalue weighted by molar-refractivity contribution is 7.99. The van der Waals surface area contributed by atoms with Crippen LogP contribution >= 0.6 is 11.8 Å². The fourth-order valence-electron chi connectivity index (χ4n) is 2.56. The van der Waals surface area contributed by atoms with Crippen LogP contribution in [0.3, 0.4) is 0 Å². The summed E-state index contributed by atoms with van der Waals surface area (Å²) < 4.78 is 20.4. The molecule has 10 heteroatoms. The molecule has 3 rings (SSSR count). The number of aromatic nitrogens is 2. The Morgan fingerprint density at radius 2 is 2.17 bits per heavy atom. The summed E-state index contributed by atoms with van der Waals surface area (Å²) in [5.74, 6) is -0.496. The SMILES string of the molecule is CCOc1ccc(NC(=O)CSc2nccn2-c2cccc(F)c2)c([N+](=O)[O-])c1. The number of halogens is 1. The molecule has 0 aliphatic rings. The molecule has 0 bridgehead atoms. The molecule has 0 saturated carbocycles. The number of nitro benzene ring substituents is 1. The Hall–Kier alpha value is -3.40. The Balaban J connectivity index is 1.69. The van der Waals surface area contributed by atoms with Gasteiger partial charge in [-0.05, 0) is 37.3 Å². The van der Waals surface area contributed by atoms with E-state index < -0.39 is 10.8 Å². The van der Waals surface area contributed by atoms with Gasteiger partial charge in [0.05, 0.1) is 29.0 Å². The van der Waals surface area contributed by atoms with Crippen molar-refractivity contribution in [2.24, 2.45) is 0 Å². The van der Waals surface area contributed by atoms with Gasteiger partial charge in [0.25, 0.3) is 5.69 Å². The Morgan fingerprint density at radius 1 is 1.34 bits per heavy atom. The molecule has 1 N–H and O–H groups in total. The monoisotopic (exact) mass is 416 g/mol. The van der Waals surface area contributed by atoms with Crippen LogP contribution in [0, 0.1) is 15.9 Å². The van der Waals surface area contributed by atoms with Gasteiger partial charge in [0.2, 0.25) is 5.91 Å². The van der Waals surface area contributed by atoms with Crippen LogP contribution in [0.1, 0.15) is 6.92 Å². The number of rotatable bonds is 8. The van der Waals surface area contributed by atoms with Gasteiger partial charge >= 0.3 is 0 Å². The summed E-state index contributed by atoms with van der Waals surface area (Å²) in [5.41, 5.74) is 0.403. The number of nitrogens with zero attached hydrogens (tertiary/aromatic N) is 3. The molecule has 150 valence electrons. The minimum absolute atomic E-state index is 0.0311. The van der Waals surface area contributed by atoms with Gasteiger partial charge in [-0.2, -0.15) is 0 Å². The van der Waals surface area contributed by atoms with E-state index in [0.717, 1.165) is 11.8 Å². The molecule has 0 aliphatic heterocycles. The van der Waals surface area contributed by atoms with Gasteiger partial charge < -0.3 is 10.1 Å². The van der Waals surface area contributed by atoms with E-state index in [2.05, 4.69) is 10.3 Å². The van der Waals surface area contributed by atoms with E-state index in [0.29, 0.717) is 23.2 Å². The number of carbonyl (C=O) groups excluding carboxylic acids is 1. The van der Waals surface area contributed by atoms with Crippen molar-refractivity contribution < 1.29 is 18.8 Å². The minimum atomic E-state index is -0.581. The van der Waals surface area contributed by atoms with Crippen LogP contribution < -0.4 is 10.1 Å². The van der Waals surface area contributed by atoms with Crippen LogP contribution in [0.5, 0.6) is 5.75 Å². The molecule has 8 nitrogen and oxygen atoms in total. The average molecular weight is 416 g/mol. The van der Waals surface area contributed by atoms with Gasteiger partial charge in [-0.3, -0.25) is 19.5 Å². The lowest BCUT2D eigenvalue weighted by molar-refractivity contribution is -0.384. The molecular weight excluding hydrogens is 399 g/mol. The van der Waals surface area contributed by atoms with E-state index in [9.17, 15) is 19.3 Å². The third-order valence-corrected chi connectivity index (χ3v) is 4.74.